The van der Waals surface area contributed by atoms with E-state index in [-0.39, 0.29) is 17.9 Å². The van der Waals surface area contributed by atoms with E-state index in [1.807, 2.05) is 55.6 Å². The zero-order chi connectivity index (χ0) is 28.5. The molecule has 3 aromatic rings. The number of anilines is 1. The van der Waals surface area contributed by atoms with Crippen LogP contribution in [-0.2, 0) is 4.79 Å². The van der Waals surface area contributed by atoms with Gasteiger partial charge in [-0.3, -0.25) is 4.79 Å². The summed E-state index contributed by atoms with van der Waals surface area (Å²) in [5.41, 5.74) is 8.89. The SMILES string of the molecule is CNC(C(=O)NCCCCCN(CC(C)C)Sc1ccc(N)cc1)C(c1ccccc1)c1ccccc1.CO. The van der Waals surface area contributed by atoms with Gasteiger partial charge in [0.05, 0.1) is 6.04 Å². The fourth-order valence-electron chi connectivity index (χ4n) is 4.52. The van der Waals surface area contributed by atoms with E-state index in [2.05, 4.69) is 65.2 Å². The van der Waals surface area contributed by atoms with Crippen LogP contribution in [0.2, 0.25) is 0 Å². The lowest BCUT2D eigenvalue weighted by Gasteiger charge is -2.27. The Kier molecular flexibility index (Phi) is 15.3. The summed E-state index contributed by atoms with van der Waals surface area (Å²) in [6.07, 6.45) is 3.13. The number of benzene rings is 3. The van der Waals surface area contributed by atoms with E-state index in [9.17, 15) is 4.79 Å². The molecule has 0 aliphatic heterocycles. The molecule has 0 radical (unpaired) electrons. The number of amides is 1. The third-order valence-electron chi connectivity index (χ3n) is 6.31. The van der Waals surface area contributed by atoms with Crippen LogP contribution < -0.4 is 16.4 Å². The number of carbonyl (C=O) groups excluding carboxylic acids is 1. The van der Waals surface area contributed by atoms with Crippen molar-refractivity contribution in [3.8, 4) is 0 Å². The van der Waals surface area contributed by atoms with Gasteiger partial charge in [-0.25, -0.2) is 4.31 Å². The minimum atomic E-state index is -0.345. The third kappa shape index (κ3) is 11.4. The van der Waals surface area contributed by atoms with Crippen molar-refractivity contribution in [1.82, 2.24) is 14.9 Å². The summed E-state index contributed by atoms with van der Waals surface area (Å²) < 4.78 is 2.44. The van der Waals surface area contributed by atoms with Crippen molar-refractivity contribution in [3.05, 3.63) is 96.1 Å². The first-order chi connectivity index (χ1) is 19.0. The monoisotopic (exact) mass is 550 g/mol. The summed E-state index contributed by atoms with van der Waals surface area (Å²) in [4.78, 5) is 14.5. The predicted octanol–water partition coefficient (Wildman–Crippen LogP) is 5.55. The van der Waals surface area contributed by atoms with Gasteiger partial charge in [0.2, 0.25) is 5.91 Å². The molecular formula is C32H46N4O2S. The van der Waals surface area contributed by atoms with Gasteiger partial charge in [0.1, 0.15) is 0 Å². The van der Waals surface area contributed by atoms with Crippen LogP contribution in [-0.4, -0.2) is 55.2 Å². The highest BCUT2D eigenvalue weighted by molar-refractivity contribution is 7.97. The van der Waals surface area contributed by atoms with Gasteiger partial charge in [-0.05, 0) is 73.1 Å². The lowest BCUT2D eigenvalue weighted by atomic mass is 9.84. The van der Waals surface area contributed by atoms with Crippen molar-refractivity contribution >= 4 is 23.5 Å². The van der Waals surface area contributed by atoms with Crippen molar-refractivity contribution in [2.75, 3.05) is 39.5 Å². The lowest BCUT2D eigenvalue weighted by Crippen LogP contribution is -2.47. The number of nitrogens with one attached hydrogen (secondary N) is 2. The maximum Gasteiger partial charge on any atom is 0.238 e. The van der Waals surface area contributed by atoms with Gasteiger partial charge in [0.25, 0.3) is 0 Å². The second-order valence-electron chi connectivity index (χ2n) is 9.86. The maximum absolute atomic E-state index is 13.3. The number of carbonyl (C=O) groups is 1. The number of unbranched alkanes of at least 4 members (excludes halogenated alkanes) is 2. The van der Waals surface area contributed by atoms with Crippen LogP contribution in [0.1, 0.15) is 50.2 Å². The van der Waals surface area contributed by atoms with Gasteiger partial charge < -0.3 is 21.5 Å². The topological polar surface area (TPSA) is 90.6 Å². The number of aliphatic hydroxyl groups excluding tert-OH is 1. The Hall–Kier alpha value is -2.84. The molecule has 0 saturated carbocycles. The third-order valence-corrected chi connectivity index (χ3v) is 7.38. The number of likely N-dealkylation sites (N-methyl/N-ethyl adjacent to an activating group) is 1. The van der Waals surface area contributed by atoms with Gasteiger partial charge in [-0.2, -0.15) is 0 Å². The number of nitrogens with two attached hydrogens (primary N) is 1. The molecule has 0 aromatic heterocycles. The first kappa shape index (κ1) is 32.4. The van der Waals surface area contributed by atoms with Crippen molar-refractivity contribution in [3.63, 3.8) is 0 Å². The Morgan fingerprint density at radius 2 is 1.44 bits per heavy atom. The van der Waals surface area contributed by atoms with E-state index in [4.69, 9.17) is 10.8 Å². The number of hydrogen-bond acceptors (Lipinski definition) is 6. The molecular weight excluding hydrogens is 504 g/mol. The molecule has 212 valence electrons. The van der Waals surface area contributed by atoms with E-state index in [1.54, 1.807) is 11.9 Å². The summed E-state index contributed by atoms with van der Waals surface area (Å²) >= 11 is 1.80. The Morgan fingerprint density at radius 1 is 0.872 bits per heavy atom. The van der Waals surface area contributed by atoms with Crippen LogP contribution in [0.3, 0.4) is 0 Å². The normalized spacial score (nSPS) is 11.8. The molecule has 0 spiro atoms. The Morgan fingerprint density at radius 3 is 1.95 bits per heavy atom. The van der Waals surface area contributed by atoms with Crippen LogP contribution in [0.15, 0.2) is 89.8 Å². The van der Waals surface area contributed by atoms with Crippen LogP contribution in [0.25, 0.3) is 0 Å². The van der Waals surface area contributed by atoms with Crippen molar-refractivity contribution in [2.24, 2.45) is 5.92 Å². The minimum absolute atomic E-state index is 0.0422. The molecule has 3 rings (SSSR count). The lowest BCUT2D eigenvalue weighted by molar-refractivity contribution is -0.123. The molecule has 5 N–H and O–H groups in total. The van der Waals surface area contributed by atoms with Gasteiger partial charge in [-0.1, -0.05) is 80.9 Å². The minimum Gasteiger partial charge on any atom is -0.400 e. The van der Waals surface area contributed by atoms with Crippen molar-refractivity contribution in [2.45, 2.75) is 50.0 Å². The molecule has 0 heterocycles. The summed E-state index contributed by atoms with van der Waals surface area (Å²) in [7, 11) is 2.87. The van der Waals surface area contributed by atoms with E-state index in [0.717, 1.165) is 56.3 Å². The largest absolute Gasteiger partial charge is 0.400 e. The first-order valence-corrected chi connectivity index (χ1v) is 14.5. The second-order valence-corrected chi connectivity index (χ2v) is 11.0. The fraction of sp³-hybridized carbons (Fsp3) is 0.406. The highest BCUT2D eigenvalue weighted by Crippen LogP contribution is 2.28. The molecule has 39 heavy (non-hydrogen) atoms. The molecule has 0 saturated heterocycles. The van der Waals surface area contributed by atoms with Crippen LogP contribution in [0, 0.1) is 5.92 Å². The van der Waals surface area contributed by atoms with Gasteiger partial charge in [-0.15, -0.1) is 0 Å². The van der Waals surface area contributed by atoms with E-state index >= 15 is 0 Å². The van der Waals surface area contributed by atoms with E-state index in [0.29, 0.717) is 12.5 Å². The Bertz CT molecular complexity index is 1010. The molecule has 0 fully saturated rings. The molecule has 6 nitrogen and oxygen atoms in total. The average Bonchev–Trinajstić information content (AvgIpc) is 2.96. The van der Waals surface area contributed by atoms with Gasteiger partial charge >= 0.3 is 0 Å². The number of nitrogen functional groups attached to an aromatic ring is 1. The van der Waals surface area contributed by atoms with E-state index in [1.165, 1.54) is 4.90 Å². The molecule has 3 aromatic carbocycles. The van der Waals surface area contributed by atoms with Gasteiger partial charge in [0.15, 0.2) is 0 Å². The van der Waals surface area contributed by atoms with Crippen LogP contribution in [0.5, 0.6) is 0 Å². The van der Waals surface area contributed by atoms with Gasteiger partial charge in [0, 0.05) is 43.2 Å². The summed E-state index contributed by atoms with van der Waals surface area (Å²) in [6, 6.07) is 28.3. The molecule has 0 aliphatic carbocycles. The number of hydrogen-bond donors (Lipinski definition) is 4. The fourth-order valence-corrected chi connectivity index (χ4v) is 5.67. The van der Waals surface area contributed by atoms with E-state index < -0.39 is 0 Å². The first-order valence-electron chi connectivity index (χ1n) is 13.8. The number of nitrogens with zero attached hydrogens (tertiary/aromatic N) is 1. The van der Waals surface area contributed by atoms with Crippen LogP contribution in [0.4, 0.5) is 5.69 Å². The molecule has 0 bridgehead atoms. The predicted molar refractivity (Wildman–Crippen MR) is 166 cm³/mol. The highest BCUT2D eigenvalue weighted by Gasteiger charge is 2.29. The zero-order valence-corrected chi connectivity index (χ0v) is 24.7. The highest BCUT2D eigenvalue weighted by atomic mass is 32.2. The molecule has 1 unspecified atom stereocenters. The zero-order valence-electron chi connectivity index (χ0n) is 23.8. The summed E-state index contributed by atoms with van der Waals surface area (Å²) in [5, 5.41) is 13.5. The summed E-state index contributed by atoms with van der Waals surface area (Å²) in [5.74, 6) is 0.587. The number of aliphatic hydroxyl groups is 1. The van der Waals surface area contributed by atoms with Crippen molar-refractivity contribution < 1.29 is 9.90 Å². The average molecular weight is 551 g/mol. The maximum atomic E-state index is 13.3. The van der Waals surface area contributed by atoms with Crippen LogP contribution >= 0.6 is 11.9 Å². The van der Waals surface area contributed by atoms with Crippen molar-refractivity contribution in [1.29, 1.82) is 0 Å². The number of rotatable bonds is 15. The molecule has 0 aliphatic rings. The second kappa shape index (κ2) is 18.4. The summed E-state index contributed by atoms with van der Waals surface area (Å²) in [6.45, 7) is 7.24. The smallest absolute Gasteiger partial charge is 0.238 e. The standard InChI is InChI=1S/C31H42N4OS.CH4O/c1-24(2)23-35(37-28-19-17-27(32)18-20-28)22-12-6-11-21-34-31(36)30(33-3)29(25-13-7-4-8-14-25)26-15-9-5-10-16-26;1-2/h4-5,7-10,13-20,24,29-30,33H,6,11-12,21-23,32H2,1-3H3,(H,34,36);2H,1H3. The molecule has 1 atom stereocenters. The Labute approximate surface area is 239 Å². The Balaban J connectivity index is 0.00000260. The quantitative estimate of drug-likeness (QED) is 0.113. The molecule has 1 amide bonds. The molecule has 7 heteroatoms.